The molecule has 0 saturated heterocycles. The van der Waals surface area contributed by atoms with Crippen LogP contribution in [0, 0.1) is 6.92 Å². The number of carbonyl (C=O) groups is 1. The van der Waals surface area contributed by atoms with Crippen LogP contribution in [-0.2, 0) is 6.54 Å². The molecule has 2 heterocycles. The molecule has 0 atom stereocenters. The van der Waals surface area contributed by atoms with E-state index in [0.29, 0.717) is 18.1 Å². The van der Waals surface area contributed by atoms with Gasteiger partial charge in [-0.15, -0.1) is 0 Å². The van der Waals surface area contributed by atoms with Crippen molar-refractivity contribution in [2.45, 2.75) is 13.5 Å². The van der Waals surface area contributed by atoms with E-state index in [4.69, 9.17) is 10.8 Å². The highest BCUT2D eigenvalue weighted by molar-refractivity contribution is 5.89. The quantitative estimate of drug-likeness (QED) is 0.771. The Labute approximate surface area is 110 Å². The lowest BCUT2D eigenvalue weighted by molar-refractivity contribution is 0.0696. The standard InChI is InChI=1S/C13H14N4O2/c1-8-5-15-3-2-9(8)6-16-12-11(14)4-10(7-17-12)13(18)19/h2-5,7H,6,14H2,1H3,(H,16,17)(H,18,19). The molecule has 0 aromatic carbocycles. The molecule has 0 fully saturated rings. The number of nitrogens with zero attached hydrogens (tertiary/aromatic N) is 2. The number of nitrogens with one attached hydrogen (secondary N) is 1. The summed E-state index contributed by atoms with van der Waals surface area (Å²) in [4.78, 5) is 18.8. The van der Waals surface area contributed by atoms with Gasteiger partial charge in [-0.3, -0.25) is 4.98 Å². The molecule has 19 heavy (non-hydrogen) atoms. The lowest BCUT2D eigenvalue weighted by Gasteiger charge is -2.10. The first-order valence-electron chi connectivity index (χ1n) is 5.70. The van der Waals surface area contributed by atoms with E-state index in [1.807, 2.05) is 13.0 Å². The average molecular weight is 258 g/mol. The van der Waals surface area contributed by atoms with Crippen LogP contribution in [0.15, 0.2) is 30.7 Å². The summed E-state index contributed by atoms with van der Waals surface area (Å²) < 4.78 is 0. The SMILES string of the molecule is Cc1cnccc1CNc1ncc(C(=O)O)cc1N. The largest absolute Gasteiger partial charge is 0.478 e. The van der Waals surface area contributed by atoms with Gasteiger partial charge in [0.2, 0.25) is 0 Å². The summed E-state index contributed by atoms with van der Waals surface area (Å²) in [7, 11) is 0. The van der Waals surface area contributed by atoms with Gasteiger partial charge in [0.25, 0.3) is 0 Å². The van der Waals surface area contributed by atoms with Crippen molar-refractivity contribution in [2.24, 2.45) is 0 Å². The fraction of sp³-hybridized carbons (Fsp3) is 0.154. The van der Waals surface area contributed by atoms with Gasteiger partial charge < -0.3 is 16.2 Å². The first-order chi connectivity index (χ1) is 9.08. The Balaban J connectivity index is 2.12. The first kappa shape index (κ1) is 12.8. The highest BCUT2D eigenvalue weighted by Crippen LogP contribution is 2.18. The molecular formula is C13H14N4O2. The zero-order valence-corrected chi connectivity index (χ0v) is 10.4. The van der Waals surface area contributed by atoms with Crippen molar-refractivity contribution in [1.29, 1.82) is 0 Å². The third kappa shape index (κ3) is 2.98. The Kier molecular flexibility index (Phi) is 3.61. The van der Waals surface area contributed by atoms with Crippen molar-refractivity contribution in [1.82, 2.24) is 9.97 Å². The van der Waals surface area contributed by atoms with Gasteiger partial charge in [-0.05, 0) is 30.2 Å². The Morgan fingerprint density at radius 3 is 2.89 bits per heavy atom. The molecule has 98 valence electrons. The van der Waals surface area contributed by atoms with E-state index < -0.39 is 5.97 Å². The van der Waals surface area contributed by atoms with E-state index in [0.717, 1.165) is 11.1 Å². The second-order valence-electron chi connectivity index (χ2n) is 4.12. The topological polar surface area (TPSA) is 101 Å². The van der Waals surface area contributed by atoms with E-state index in [2.05, 4.69) is 15.3 Å². The number of pyridine rings is 2. The number of hydrogen-bond acceptors (Lipinski definition) is 5. The molecule has 0 radical (unpaired) electrons. The van der Waals surface area contributed by atoms with Gasteiger partial charge in [0.15, 0.2) is 0 Å². The van der Waals surface area contributed by atoms with E-state index in [1.54, 1.807) is 12.4 Å². The second kappa shape index (κ2) is 5.34. The molecule has 6 heteroatoms. The van der Waals surface area contributed by atoms with Crippen molar-refractivity contribution in [3.8, 4) is 0 Å². The van der Waals surface area contributed by atoms with Gasteiger partial charge >= 0.3 is 5.97 Å². The maximum Gasteiger partial charge on any atom is 0.337 e. The number of carboxylic acid groups (broad SMARTS) is 1. The van der Waals surface area contributed by atoms with Crippen LogP contribution in [0.2, 0.25) is 0 Å². The Bertz CT molecular complexity index is 613. The third-order valence-corrected chi connectivity index (χ3v) is 2.75. The zero-order chi connectivity index (χ0) is 13.8. The third-order valence-electron chi connectivity index (χ3n) is 2.75. The van der Waals surface area contributed by atoms with Gasteiger partial charge in [0.1, 0.15) is 5.82 Å². The Hall–Kier alpha value is -2.63. The molecule has 4 N–H and O–H groups in total. The normalized spacial score (nSPS) is 10.2. The number of aromatic nitrogens is 2. The maximum absolute atomic E-state index is 10.8. The van der Waals surface area contributed by atoms with Crippen LogP contribution in [0.25, 0.3) is 0 Å². The lowest BCUT2D eigenvalue weighted by Crippen LogP contribution is -2.07. The molecule has 0 aliphatic heterocycles. The fourth-order valence-corrected chi connectivity index (χ4v) is 1.63. The minimum absolute atomic E-state index is 0.0724. The summed E-state index contributed by atoms with van der Waals surface area (Å²) in [6.45, 7) is 2.52. The minimum Gasteiger partial charge on any atom is -0.478 e. The highest BCUT2D eigenvalue weighted by atomic mass is 16.4. The second-order valence-corrected chi connectivity index (χ2v) is 4.12. The summed E-state index contributed by atoms with van der Waals surface area (Å²) in [5.74, 6) is -0.572. The fourth-order valence-electron chi connectivity index (χ4n) is 1.63. The number of nitrogens with two attached hydrogens (primary N) is 1. The Morgan fingerprint density at radius 2 is 2.26 bits per heavy atom. The van der Waals surface area contributed by atoms with Gasteiger partial charge in [0.05, 0.1) is 11.3 Å². The number of hydrogen-bond donors (Lipinski definition) is 3. The smallest absolute Gasteiger partial charge is 0.337 e. The van der Waals surface area contributed by atoms with E-state index in [9.17, 15) is 4.79 Å². The minimum atomic E-state index is -1.05. The van der Waals surface area contributed by atoms with Crippen molar-refractivity contribution < 1.29 is 9.90 Å². The molecule has 0 bridgehead atoms. The summed E-state index contributed by atoms with van der Waals surface area (Å²) in [6, 6.07) is 3.29. The predicted octanol–water partition coefficient (Wildman–Crippen LogP) is 1.68. The molecule has 6 nitrogen and oxygen atoms in total. The molecule has 0 aliphatic rings. The number of aryl methyl sites for hydroxylation is 1. The van der Waals surface area contributed by atoms with Crippen LogP contribution in [0.5, 0.6) is 0 Å². The van der Waals surface area contributed by atoms with Crippen LogP contribution < -0.4 is 11.1 Å². The van der Waals surface area contributed by atoms with Crippen molar-refractivity contribution in [3.63, 3.8) is 0 Å². The van der Waals surface area contributed by atoms with E-state index >= 15 is 0 Å². The van der Waals surface area contributed by atoms with Crippen LogP contribution >= 0.6 is 0 Å². The molecule has 2 aromatic heterocycles. The summed E-state index contributed by atoms with van der Waals surface area (Å²) in [6.07, 6.45) is 4.77. The van der Waals surface area contributed by atoms with Gasteiger partial charge in [-0.2, -0.15) is 0 Å². The van der Waals surface area contributed by atoms with Gasteiger partial charge in [-0.25, -0.2) is 9.78 Å². The molecule has 0 amide bonds. The summed E-state index contributed by atoms with van der Waals surface area (Å²) >= 11 is 0. The van der Waals surface area contributed by atoms with E-state index in [-0.39, 0.29) is 5.56 Å². The molecule has 0 unspecified atom stereocenters. The number of anilines is 2. The number of nitrogen functional groups attached to an aromatic ring is 1. The van der Waals surface area contributed by atoms with Crippen LogP contribution in [-0.4, -0.2) is 21.0 Å². The number of aromatic carboxylic acids is 1. The highest BCUT2D eigenvalue weighted by Gasteiger charge is 2.07. The average Bonchev–Trinajstić information content (AvgIpc) is 2.39. The molecule has 2 aromatic rings. The zero-order valence-electron chi connectivity index (χ0n) is 10.4. The predicted molar refractivity (Wildman–Crippen MR) is 71.9 cm³/mol. The lowest BCUT2D eigenvalue weighted by atomic mass is 10.1. The number of carboxylic acids is 1. The molecule has 2 rings (SSSR count). The molecular weight excluding hydrogens is 244 g/mol. The van der Waals surface area contributed by atoms with Gasteiger partial charge in [-0.1, -0.05) is 0 Å². The van der Waals surface area contributed by atoms with Gasteiger partial charge in [0, 0.05) is 25.1 Å². The van der Waals surface area contributed by atoms with Crippen LogP contribution in [0.4, 0.5) is 11.5 Å². The molecule has 0 aliphatic carbocycles. The summed E-state index contributed by atoms with van der Waals surface area (Å²) in [5.41, 5.74) is 8.29. The van der Waals surface area contributed by atoms with Crippen molar-refractivity contribution in [3.05, 3.63) is 47.4 Å². The molecule has 0 spiro atoms. The van der Waals surface area contributed by atoms with Crippen LogP contribution in [0.3, 0.4) is 0 Å². The van der Waals surface area contributed by atoms with Crippen molar-refractivity contribution in [2.75, 3.05) is 11.1 Å². The maximum atomic E-state index is 10.8. The monoisotopic (exact) mass is 258 g/mol. The summed E-state index contributed by atoms with van der Waals surface area (Å²) in [5, 5.41) is 11.9. The van der Waals surface area contributed by atoms with E-state index in [1.165, 1.54) is 12.3 Å². The van der Waals surface area contributed by atoms with Crippen molar-refractivity contribution >= 4 is 17.5 Å². The first-order valence-corrected chi connectivity index (χ1v) is 5.70. The molecule has 0 saturated carbocycles. The van der Waals surface area contributed by atoms with Crippen LogP contribution in [0.1, 0.15) is 21.5 Å². The number of rotatable bonds is 4. The Morgan fingerprint density at radius 1 is 1.47 bits per heavy atom.